The summed E-state index contributed by atoms with van der Waals surface area (Å²) in [5, 5.41) is 11.4. The van der Waals surface area contributed by atoms with Crippen LogP contribution >= 0.6 is 0 Å². The molecule has 2 heterocycles. The maximum atomic E-state index is 7.76. The van der Waals surface area contributed by atoms with Gasteiger partial charge in [-0.15, -0.1) is 0 Å². The molecule has 3 fully saturated rings. The monoisotopic (exact) mass is 349 g/mol. The van der Waals surface area contributed by atoms with Gasteiger partial charge in [-0.1, -0.05) is 12.1 Å². The molecule has 5 nitrogen and oxygen atoms in total. The van der Waals surface area contributed by atoms with Crippen LogP contribution in [0, 0.1) is 10.8 Å². The highest BCUT2D eigenvalue weighted by atomic mass is 15.2. The number of nitrogens with one attached hydrogen (secondary N) is 2. The SMILES string of the molecule is N=Cc1ccc([C@]2(N)CC23CC3)cc1NC1C=C(N2CCCC2)N=CC1. The molecule has 1 unspecified atom stereocenters. The number of rotatable bonds is 5. The Bertz CT molecular complexity index is 801. The van der Waals surface area contributed by atoms with E-state index in [1.807, 2.05) is 12.3 Å². The molecule has 0 bridgehead atoms. The molecule has 2 aliphatic carbocycles. The fourth-order valence-corrected chi connectivity index (χ4v) is 4.74. The zero-order valence-corrected chi connectivity index (χ0v) is 15.2. The molecule has 1 aromatic rings. The van der Waals surface area contributed by atoms with Crippen molar-refractivity contribution in [3.05, 3.63) is 41.2 Å². The van der Waals surface area contributed by atoms with Crippen molar-refractivity contribution in [1.82, 2.24) is 4.90 Å². The van der Waals surface area contributed by atoms with E-state index in [-0.39, 0.29) is 11.6 Å². The second-order valence-electron chi connectivity index (χ2n) is 8.39. The van der Waals surface area contributed by atoms with Gasteiger partial charge in [0.1, 0.15) is 5.82 Å². The number of anilines is 1. The van der Waals surface area contributed by atoms with Crippen molar-refractivity contribution in [2.75, 3.05) is 18.4 Å². The number of nitrogens with zero attached hydrogens (tertiary/aromatic N) is 2. The third-order valence-electron chi connectivity index (χ3n) is 6.72. The van der Waals surface area contributed by atoms with Gasteiger partial charge in [0, 0.05) is 48.7 Å². The smallest absolute Gasteiger partial charge is 0.126 e. The summed E-state index contributed by atoms with van der Waals surface area (Å²) in [4.78, 5) is 6.97. The Morgan fingerprint density at radius 2 is 2.08 bits per heavy atom. The minimum Gasteiger partial charge on any atom is -0.378 e. The predicted octanol–water partition coefficient (Wildman–Crippen LogP) is 3.21. The Morgan fingerprint density at radius 1 is 1.27 bits per heavy atom. The molecule has 136 valence electrons. The molecule has 0 amide bonds. The van der Waals surface area contributed by atoms with E-state index >= 15 is 0 Å². The van der Waals surface area contributed by atoms with Crippen molar-refractivity contribution in [3.8, 4) is 0 Å². The molecule has 4 N–H and O–H groups in total. The fourth-order valence-electron chi connectivity index (χ4n) is 4.74. The Morgan fingerprint density at radius 3 is 2.77 bits per heavy atom. The van der Waals surface area contributed by atoms with Gasteiger partial charge in [0.25, 0.3) is 0 Å². The zero-order chi connectivity index (χ0) is 17.8. The van der Waals surface area contributed by atoms with Crippen LogP contribution in [-0.2, 0) is 5.54 Å². The lowest BCUT2D eigenvalue weighted by Crippen LogP contribution is -2.27. The first kappa shape index (κ1) is 16.1. The van der Waals surface area contributed by atoms with Crippen molar-refractivity contribution in [1.29, 1.82) is 5.41 Å². The number of benzene rings is 1. The van der Waals surface area contributed by atoms with Crippen molar-refractivity contribution in [2.24, 2.45) is 16.1 Å². The summed E-state index contributed by atoms with van der Waals surface area (Å²) in [6.45, 7) is 2.21. The third kappa shape index (κ3) is 2.49. The standard InChI is InChI=1S/C21H27N5/c22-13-15-3-4-16(21(23)14-20(21)6-7-20)11-18(15)25-17-5-8-24-19(12-17)26-9-1-2-10-26/h3-4,8,11-13,17,22,25H,1-2,5-7,9-10,14,23H2/t17?,21-/m1/s1. The van der Waals surface area contributed by atoms with Crippen LogP contribution < -0.4 is 11.1 Å². The number of likely N-dealkylation sites (tertiary alicyclic amines) is 1. The van der Waals surface area contributed by atoms with E-state index in [0.29, 0.717) is 5.41 Å². The quantitative estimate of drug-likeness (QED) is 0.714. The molecule has 5 heteroatoms. The fraction of sp³-hybridized carbons (Fsp3) is 0.524. The summed E-state index contributed by atoms with van der Waals surface area (Å²) >= 11 is 0. The number of hydrogen-bond donors (Lipinski definition) is 3. The van der Waals surface area contributed by atoms with Crippen LogP contribution in [-0.4, -0.2) is 36.5 Å². The lowest BCUT2D eigenvalue weighted by Gasteiger charge is -2.25. The topological polar surface area (TPSA) is 77.5 Å². The molecular weight excluding hydrogens is 322 g/mol. The minimum absolute atomic E-state index is 0.144. The lowest BCUT2D eigenvalue weighted by atomic mass is 9.98. The summed E-state index contributed by atoms with van der Waals surface area (Å²) in [6.07, 6.45) is 12.7. The van der Waals surface area contributed by atoms with Crippen LogP contribution in [0.1, 0.15) is 49.7 Å². The summed E-state index contributed by atoms with van der Waals surface area (Å²) in [6, 6.07) is 6.55. The molecule has 0 radical (unpaired) electrons. The summed E-state index contributed by atoms with van der Waals surface area (Å²) in [7, 11) is 0. The van der Waals surface area contributed by atoms with E-state index in [4.69, 9.17) is 11.1 Å². The number of aliphatic imine (C=N–C) groups is 1. The van der Waals surface area contributed by atoms with Crippen molar-refractivity contribution in [3.63, 3.8) is 0 Å². The first-order valence-electron chi connectivity index (χ1n) is 9.83. The molecule has 2 atom stereocenters. The first-order valence-corrected chi connectivity index (χ1v) is 9.83. The second kappa shape index (κ2) is 5.68. The van der Waals surface area contributed by atoms with Gasteiger partial charge in [-0.3, -0.25) is 0 Å². The molecule has 2 aliphatic heterocycles. The van der Waals surface area contributed by atoms with Gasteiger partial charge in [-0.05, 0) is 55.2 Å². The molecule has 5 rings (SSSR count). The molecule has 26 heavy (non-hydrogen) atoms. The second-order valence-corrected chi connectivity index (χ2v) is 8.39. The van der Waals surface area contributed by atoms with E-state index in [9.17, 15) is 0 Å². The number of hydrogen-bond acceptors (Lipinski definition) is 5. The maximum Gasteiger partial charge on any atom is 0.126 e. The highest BCUT2D eigenvalue weighted by molar-refractivity contribution is 5.86. The van der Waals surface area contributed by atoms with Crippen molar-refractivity contribution in [2.45, 2.75) is 50.1 Å². The summed E-state index contributed by atoms with van der Waals surface area (Å²) < 4.78 is 0. The van der Waals surface area contributed by atoms with Crippen LogP contribution in [0.3, 0.4) is 0 Å². The minimum atomic E-state index is -0.144. The van der Waals surface area contributed by atoms with E-state index in [2.05, 4.69) is 33.4 Å². The molecular formula is C21H27N5. The molecule has 2 saturated carbocycles. The van der Waals surface area contributed by atoms with Gasteiger partial charge in [-0.2, -0.15) is 0 Å². The molecule has 1 saturated heterocycles. The third-order valence-corrected chi connectivity index (χ3v) is 6.72. The Hall–Kier alpha value is -2.14. The highest BCUT2D eigenvalue weighted by Crippen LogP contribution is 2.76. The van der Waals surface area contributed by atoms with Gasteiger partial charge >= 0.3 is 0 Å². The van der Waals surface area contributed by atoms with Gasteiger partial charge in [0.05, 0.1) is 6.04 Å². The normalized spacial score (nSPS) is 31.0. The predicted molar refractivity (Wildman–Crippen MR) is 106 cm³/mol. The number of nitrogens with two attached hydrogens (primary N) is 1. The van der Waals surface area contributed by atoms with E-state index in [1.54, 1.807) is 0 Å². The molecule has 4 aliphatic rings. The Kier molecular flexibility index (Phi) is 3.51. The van der Waals surface area contributed by atoms with Gasteiger partial charge < -0.3 is 21.4 Å². The van der Waals surface area contributed by atoms with Gasteiger partial charge in [0.15, 0.2) is 0 Å². The first-order chi connectivity index (χ1) is 12.6. The van der Waals surface area contributed by atoms with E-state index in [1.165, 1.54) is 37.5 Å². The Balaban J connectivity index is 1.39. The maximum absolute atomic E-state index is 7.76. The van der Waals surface area contributed by atoms with Crippen LogP contribution in [0.15, 0.2) is 35.1 Å². The summed E-state index contributed by atoms with van der Waals surface area (Å²) in [5.41, 5.74) is 10.1. The lowest BCUT2D eigenvalue weighted by molar-refractivity contribution is 0.417. The van der Waals surface area contributed by atoms with Crippen LogP contribution in [0.25, 0.3) is 0 Å². The van der Waals surface area contributed by atoms with Crippen molar-refractivity contribution < 1.29 is 0 Å². The summed E-state index contributed by atoms with van der Waals surface area (Å²) in [5.74, 6) is 1.09. The van der Waals surface area contributed by atoms with Crippen LogP contribution in [0.5, 0.6) is 0 Å². The Labute approximate surface area is 154 Å². The average Bonchev–Trinajstić information content (AvgIpc) is 3.46. The van der Waals surface area contributed by atoms with Crippen molar-refractivity contribution >= 4 is 18.1 Å². The van der Waals surface area contributed by atoms with Gasteiger partial charge in [-0.25, -0.2) is 4.99 Å². The largest absolute Gasteiger partial charge is 0.378 e. The zero-order valence-electron chi connectivity index (χ0n) is 15.2. The molecule has 1 aromatic carbocycles. The van der Waals surface area contributed by atoms with E-state index < -0.39 is 0 Å². The molecule has 1 spiro atoms. The van der Waals surface area contributed by atoms with E-state index in [0.717, 1.165) is 43.0 Å². The van der Waals surface area contributed by atoms with Crippen LogP contribution in [0.4, 0.5) is 5.69 Å². The van der Waals surface area contributed by atoms with Crippen LogP contribution in [0.2, 0.25) is 0 Å². The molecule has 0 aromatic heterocycles. The highest BCUT2D eigenvalue weighted by Gasteiger charge is 2.72. The van der Waals surface area contributed by atoms with Gasteiger partial charge in [0.2, 0.25) is 0 Å². The average molecular weight is 349 g/mol.